The van der Waals surface area contributed by atoms with Gasteiger partial charge in [-0.15, -0.1) is 5.10 Å². The van der Waals surface area contributed by atoms with Crippen LogP contribution in [0.1, 0.15) is 24.3 Å². The van der Waals surface area contributed by atoms with Gasteiger partial charge in [-0.1, -0.05) is 17.3 Å². The molecule has 164 valence electrons. The lowest BCUT2D eigenvalue weighted by molar-refractivity contribution is 0.121. The van der Waals surface area contributed by atoms with Crippen LogP contribution < -0.4 is 10.0 Å². The topological polar surface area (TPSA) is 128 Å². The van der Waals surface area contributed by atoms with E-state index < -0.39 is 28.0 Å². The molecule has 0 aliphatic carbocycles. The summed E-state index contributed by atoms with van der Waals surface area (Å²) in [5.74, 6) is -0.200. The summed E-state index contributed by atoms with van der Waals surface area (Å²) < 4.78 is 45.3. The second-order valence-corrected chi connectivity index (χ2v) is 8.59. The summed E-state index contributed by atoms with van der Waals surface area (Å²) in [4.78, 5) is 16.8. The smallest absolute Gasteiger partial charge is 0.413 e. The van der Waals surface area contributed by atoms with Gasteiger partial charge >= 0.3 is 6.09 Å². The third-order valence-electron chi connectivity index (χ3n) is 4.27. The number of nitrogens with zero attached hydrogens (tertiary/aromatic N) is 4. The van der Waals surface area contributed by atoms with Crippen LogP contribution in [0, 0.1) is 12.7 Å². The number of nitrogens with one attached hydrogen (secondary N) is 2. The number of ether oxygens (including phenoxy) is 1. The zero-order valence-electron chi connectivity index (χ0n) is 17.2. The van der Waals surface area contributed by atoms with E-state index in [1.807, 2.05) is 0 Å². The minimum atomic E-state index is -3.45. The summed E-state index contributed by atoms with van der Waals surface area (Å²) in [5, 5.41) is 10.5. The van der Waals surface area contributed by atoms with E-state index >= 15 is 0 Å². The first-order valence-corrected chi connectivity index (χ1v) is 11.0. The molecule has 10 nitrogen and oxygen atoms in total. The van der Waals surface area contributed by atoms with E-state index in [4.69, 9.17) is 4.74 Å². The monoisotopic (exact) mass is 448 g/mol. The van der Waals surface area contributed by atoms with Crippen molar-refractivity contribution >= 4 is 27.6 Å². The highest BCUT2D eigenvalue weighted by atomic mass is 32.2. The highest BCUT2D eigenvalue weighted by Crippen LogP contribution is 2.27. The van der Waals surface area contributed by atoms with E-state index in [0.717, 1.165) is 6.26 Å². The first-order valence-electron chi connectivity index (χ1n) is 9.12. The quantitative estimate of drug-likeness (QED) is 0.593. The highest BCUT2D eigenvalue weighted by molar-refractivity contribution is 7.92. The van der Waals surface area contributed by atoms with Crippen LogP contribution in [-0.4, -0.2) is 40.7 Å². The van der Waals surface area contributed by atoms with Gasteiger partial charge in [0, 0.05) is 7.05 Å². The maximum Gasteiger partial charge on any atom is 0.413 e. The number of aromatic nitrogens is 4. The number of pyridine rings is 1. The fourth-order valence-corrected chi connectivity index (χ4v) is 3.40. The molecule has 12 heteroatoms. The van der Waals surface area contributed by atoms with E-state index in [1.165, 1.54) is 22.9 Å². The van der Waals surface area contributed by atoms with Gasteiger partial charge in [-0.3, -0.25) is 10.0 Å². The molecular weight excluding hydrogens is 427 g/mol. The molecule has 1 aromatic carbocycles. The molecule has 1 amide bonds. The molecule has 31 heavy (non-hydrogen) atoms. The van der Waals surface area contributed by atoms with Gasteiger partial charge in [-0.05, 0) is 43.7 Å². The summed E-state index contributed by atoms with van der Waals surface area (Å²) in [5.41, 5.74) is 1.89. The van der Waals surface area contributed by atoms with Gasteiger partial charge in [0.2, 0.25) is 10.0 Å². The molecular formula is C19H21FN6O4S. The molecule has 0 unspecified atom stereocenters. The summed E-state index contributed by atoms with van der Waals surface area (Å²) >= 11 is 0. The highest BCUT2D eigenvalue weighted by Gasteiger charge is 2.20. The molecule has 2 heterocycles. The average Bonchev–Trinajstić information content (AvgIpc) is 3.02. The number of carbonyl (C=O) groups excluding carboxylic acids is 1. The fraction of sp³-hybridized carbons (Fsp3) is 0.263. The van der Waals surface area contributed by atoms with Crippen molar-refractivity contribution in [1.82, 2.24) is 20.0 Å². The second-order valence-electron chi connectivity index (χ2n) is 6.84. The number of hydrogen-bond acceptors (Lipinski definition) is 7. The van der Waals surface area contributed by atoms with Crippen molar-refractivity contribution < 1.29 is 22.3 Å². The molecule has 0 aliphatic rings. The molecule has 1 atom stereocenters. The summed E-state index contributed by atoms with van der Waals surface area (Å²) in [6.45, 7) is 3.25. The van der Waals surface area contributed by atoms with Crippen LogP contribution in [0.2, 0.25) is 0 Å². The Morgan fingerprint density at radius 2 is 2.00 bits per heavy atom. The van der Waals surface area contributed by atoms with Crippen molar-refractivity contribution in [2.24, 2.45) is 7.05 Å². The Kier molecular flexibility index (Phi) is 6.20. The van der Waals surface area contributed by atoms with Crippen LogP contribution in [-0.2, 0) is 21.8 Å². The van der Waals surface area contributed by atoms with Crippen molar-refractivity contribution in [2.45, 2.75) is 20.0 Å². The second kappa shape index (κ2) is 8.68. The van der Waals surface area contributed by atoms with E-state index in [9.17, 15) is 17.6 Å². The number of aryl methyl sites for hydroxylation is 2. The lowest BCUT2D eigenvalue weighted by Gasteiger charge is -2.15. The van der Waals surface area contributed by atoms with E-state index in [2.05, 4.69) is 25.3 Å². The molecule has 0 radical (unpaired) electrons. The number of hydrogen-bond donors (Lipinski definition) is 2. The van der Waals surface area contributed by atoms with E-state index in [-0.39, 0.29) is 11.5 Å². The zero-order valence-corrected chi connectivity index (χ0v) is 18.1. The third-order valence-corrected chi connectivity index (χ3v) is 4.86. The van der Waals surface area contributed by atoms with Crippen molar-refractivity contribution in [3.05, 3.63) is 53.5 Å². The predicted octanol–water partition coefficient (Wildman–Crippen LogP) is 3.01. The standard InChI is InChI=1S/C19H21FN6O4S/c1-11-15(24-31(4,28)29)8-9-16(21-11)17-18(26(3)25-23-17)22-19(27)30-12(2)13-6-5-7-14(20)10-13/h5-10,12,24H,1-4H3,(H,22,27)/t12-/m1/s1. The van der Waals surface area contributed by atoms with Crippen LogP contribution in [0.5, 0.6) is 0 Å². The van der Waals surface area contributed by atoms with Crippen molar-refractivity contribution in [2.75, 3.05) is 16.3 Å². The molecule has 0 saturated heterocycles. The Morgan fingerprint density at radius 3 is 2.65 bits per heavy atom. The molecule has 0 fully saturated rings. The maximum absolute atomic E-state index is 13.4. The Hall–Kier alpha value is -3.54. The van der Waals surface area contributed by atoms with E-state index in [1.54, 1.807) is 39.1 Å². The minimum Gasteiger partial charge on any atom is -0.441 e. The average molecular weight is 448 g/mol. The first-order chi connectivity index (χ1) is 14.5. The molecule has 2 aromatic heterocycles. The SMILES string of the molecule is Cc1nc(-c2nnn(C)c2NC(=O)O[C@H](C)c2cccc(F)c2)ccc1NS(C)(=O)=O. The van der Waals surface area contributed by atoms with Crippen LogP contribution in [0.4, 0.5) is 20.7 Å². The minimum absolute atomic E-state index is 0.229. The Balaban J connectivity index is 1.79. The Morgan fingerprint density at radius 1 is 1.26 bits per heavy atom. The lowest BCUT2D eigenvalue weighted by Crippen LogP contribution is -2.18. The zero-order chi connectivity index (χ0) is 22.8. The summed E-state index contributed by atoms with van der Waals surface area (Å²) in [6, 6.07) is 8.86. The lowest BCUT2D eigenvalue weighted by atomic mass is 10.1. The molecule has 3 aromatic rings. The maximum atomic E-state index is 13.4. The summed E-state index contributed by atoms with van der Waals surface area (Å²) in [7, 11) is -1.88. The number of halogens is 1. The van der Waals surface area contributed by atoms with Gasteiger partial charge in [-0.25, -0.2) is 27.3 Å². The van der Waals surface area contributed by atoms with Crippen LogP contribution >= 0.6 is 0 Å². The van der Waals surface area contributed by atoms with Gasteiger partial charge < -0.3 is 4.74 Å². The van der Waals surface area contributed by atoms with Gasteiger partial charge in [-0.2, -0.15) is 0 Å². The van der Waals surface area contributed by atoms with Gasteiger partial charge in [0.15, 0.2) is 11.5 Å². The number of rotatable bonds is 6. The fourth-order valence-electron chi connectivity index (χ4n) is 2.78. The van der Waals surface area contributed by atoms with Gasteiger partial charge in [0.1, 0.15) is 11.9 Å². The molecule has 0 saturated carbocycles. The molecule has 0 spiro atoms. The Labute approximate surface area is 178 Å². The molecule has 0 aliphatic heterocycles. The largest absolute Gasteiger partial charge is 0.441 e. The van der Waals surface area contributed by atoms with Gasteiger partial charge in [0.05, 0.1) is 23.3 Å². The summed E-state index contributed by atoms with van der Waals surface area (Å²) in [6.07, 6.45) is -0.431. The molecule has 3 rings (SSSR count). The van der Waals surface area contributed by atoms with Gasteiger partial charge in [0.25, 0.3) is 0 Å². The molecule has 2 N–H and O–H groups in total. The normalized spacial score (nSPS) is 12.3. The number of benzene rings is 1. The Bertz CT molecular complexity index is 1230. The van der Waals surface area contributed by atoms with E-state index in [0.29, 0.717) is 22.6 Å². The number of amides is 1. The van der Waals surface area contributed by atoms with Crippen LogP contribution in [0.15, 0.2) is 36.4 Å². The van der Waals surface area contributed by atoms with Crippen molar-refractivity contribution in [1.29, 1.82) is 0 Å². The van der Waals surface area contributed by atoms with Crippen molar-refractivity contribution in [3.63, 3.8) is 0 Å². The van der Waals surface area contributed by atoms with Crippen LogP contribution in [0.3, 0.4) is 0 Å². The number of anilines is 2. The molecule has 0 bridgehead atoms. The number of sulfonamides is 1. The predicted molar refractivity (Wildman–Crippen MR) is 112 cm³/mol. The third kappa shape index (κ3) is 5.54. The van der Waals surface area contributed by atoms with Crippen molar-refractivity contribution in [3.8, 4) is 11.4 Å². The first kappa shape index (κ1) is 22.2. The van der Waals surface area contributed by atoms with Crippen LogP contribution in [0.25, 0.3) is 11.4 Å². The number of carbonyl (C=O) groups is 1.